The van der Waals surface area contributed by atoms with Crippen molar-refractivity contribution in [1.29, 1.82) is 0 Å². The summed E-state index contributed by atoms with van der Waals surface area (Å²) < 4.78 is 0. The molecule has 0 spiro atoms. The maximum Gasteiger partial charge on any atom is 0.308 e. The maximum absolute atomic E-state index is 10.6. The Hall–Kier alpha value is -0.570. The lowest BCUT2D eigenvalue weighted by molar-refractivity contribution is -0.146. The Balaban J connectivity index is 1.80. The lowest BCUT2D eigenvalue weighted by Crippen LogP contribution is -2.48. The van der Waals surface area contributed by atoms with Crippen LogP contribution in [0.15, 0.2) is 0 Å². The van der Waals surface area contributed by atoms with Crippen LogP contribution < -0.4 is 5.32 Å². The van der Waals surface area contributed by atoms with Gasteiger partial charge in [0.1, 0.15) is 0 Å². The van der Waals surface area contributed by atoms with Gasteiger partial charge in [0.2, 0.25) is 0 Å². The van der Waals surface area contributed by atoms with Crippen LogP contribution in [0.25, 0.3) is 0 Å². The summed E-state index contributed by atoms with van der Waals surface area (Å²) in [6.07, 6.45) is 4.39. The van der Waals surface area contributed by atoms with Gasteiger partial charge in [-0.1, -0.05) is 0 Å². The molecule has 2 saturated carbocycles. The van der Waals surface area contributed by atoms with Gasteiger partial charge in [-0.15, -0.1) is 0 Å². The van der Waals surface area contributed by atoms with Gasteiger partial charge in [0.15, 0.2) is 0 Å². The highest BCUT2D eigenvalue weighted by atomic mass is 16.4. The summed E-state index contributed by atoms with van der Waals surface area (Å²) in [5.41, 5.74) is 0. The number of hydrogen-bond donors (Lipinski definition) is 2. The summed E-state index contributed by atoms with van der Waals surface area (Å²) in [5, 5.41) is 12.0. The molecule has 2 N–H and O–H groups in total. The lowest BCUT2D eigenvalue weighted by Gasteiger charge is -2.34. The van der Waals surface area contributed by atoms with Gasteiger partial charge in [-0.3, -0.25) is 4.79 Å². The van der Waals surface area contributed by atoms with Gasteiger partial charge in [-0.2, -0.15) is 0 Å². The van der Waals surface area contributed by atoms with Crippen LogP contribution in [0.3, 0.4) is 0 Å². The number of carbonyl (C=O) groups is 1. The third kappa shape index (κ3) is 1.38. The monoisotopic (exact) mass is 155 g/mol. The van der Waals surface area contributed by atoms with E-state index < -0.39 is 5.97 Å². The number of hydrogen-bond acceptors (Lipinski definition) is 2. The van der Waals surface area contributed by atoms with Crippen LogP contribution >= 0.6 is 0 Å². The van der Waals surface area contributed by atoms with Crippen molar-refractivity contribution in [2.24, 2.45) is 5.92 Å². The number of aliphatic carboxylic acids is 1. The Morgan fingerprint density at radius 2 is 2.00 bits per heavy atom. The number of nitrogens with one attached hydrogen (secondary N) is 1. The van der Waals surface area contributed by atoms with Gasteiger partial charge in [0, 0.05) is 12.1 Å². The van der Waals surface area contributed by atoms with Gasteiger partial charge in [0.05, 0.1) is 5.92 Å². The van der Waals surface area contributed by atoms with Gasteiger partial charge in [-0.25, -0.2) is 0 Å². The first-order chi connectivity index (χ1) is 5.27. The second-order valence-electron chi connectivity index (χ2n) is 3.57. The largest absolute Gasteiger partial charge is 0.481 e. The molecule has 3 heteroatoms. The van der Waals surface area contributed by atoms with E-state index >= 15 is 0 Å². The summed E-state index contributed by atoms with van der Waals surface area (Å²) >= 11 is 0. The van der Waals surface area contributed by atoms with E-state index in [4.69, 9.17) is 5.11 Å². The summed E-state index contributed by atoms with van der Waals surface area (Å²) in [5.74, 6) is -0.731. The molecule has 0 aromatic carbocycles. The summed E-state index contributed by atoms with van der Waals surface area (Å²) in [6.45, 7) is 0. The van der Waals surface area contributed by atoms with Crippen LogP contribution in [0.5, 0.6) is 0 Å². The third-order valence-corrected chi connectivity index (χ3v) is 2.62. The van der Waals surface area contributed by atoms with Crippen molar-refractivity contribution in [3.05, 3.63) is 0 Å². The highest BCUT2D eigenvalue weighted by molar-refractivity contribution is 5.72. The molecule has 11 heavy (non-hydrogen) atoms. The van der Waals surface area contributed by atoms with Crippen molar-refractivity contribution in [1.82, 2.24) is 5.32 Å². The maximum atomic E-state index is 10.6. The molecule has 0 bridgehead atoms. The molecule has 0 aromatic heterocycles. The van der Waals surface area contributed by atoms with E-state index in [1.165, 1.54) is 12.8 Å². The molecule has 2 aliphatic rings. The number of rotatable bonds is 3. The minimum Gasteiger partial charge on any atom is -0.481 e. The van der Waals surface area contributed by atoms with Gasteiger partial charge in [0.25, 0.3) is 0 Å². The van der Waals surface area contributed by atoms with E-state index in [-0.39, 0.29) is 12.0 Å². The summed E-state index contributed by atoms with van der Waals surface area (Å²) in [7, 11) is 0. The van der Waals surface area contributed by atoms with Crippen molar-refractivity contribution >= 4 is 5.97 Å². The Bertz CT molecular complexity index is 177. The molecule has 2 unspecified atom stereocenters. The van der Waals surface area contributed by atoms with Gasteiger partial charge < -0.3 is 10.4 Å². The summed E-state index contributed by atoms with van der Waals surface area (Å²) in [4.78, 5) is 10.6. The zero-order valence-corrected chi connectivity index (χ0v) is 6.42. The molecule has 0 radical (unpaired) electrons. The minimum atomic E-state index is -0.630. The van der Waals surface area contributed by atoms with Crippen molar-refractivity contribution < 1.29 is 9.90 Å². The van der Waals surface area contributed by atoms with E-state index in [0.29, 0.717) is 6.04 Å². The molecule has 62 valence electrons. The van der Waals surface area contributed by atoms with Crippen molar-refractivity contribution in [3.63, 3.8) is 0 Å². The van der Waals surface area contributed by atoms with E-state index in [1.54, 1.807) is 0 Å². The Labute approximate surface area is 65.8 Å². The van der Waals surface area contributed by atoms with E-state index in [2.05, 4.69) is 5.32 Å². The van der Waals surface area contributed by atoms with E-state index in [1.807, 2.05) is 0 Å². The smallest absolute Gasteiger partial charge is 0.308 e. The topological polar surface area (TPSA) is 49.3 Å². The Kier molecular flexibility index (Phi) is 1.60. The molecule has 2 rings (SSSR count). The predicted molar refractivity (Wildman–Crippen MR) is 40.3 cm³/mol. The zero-order chi connectivity index (χ0) is 7.84. The number of carboxylic acids is 1. The first-order valence-corrected chi connectivity index (χ1v) is 4.26. The van der Waals surface area contributed by atoms with Crippen molar-refractivity contribution in [3.8, 4) is 0 Å². The van der Waals surface area contributed by atoms with Gasteiger partial charge in [-0.05, 0) is 25.7 Å². The molecule has 2 atom stereocenters. The molecule has 0 saturated heterocycles. The van der Waals surface area contributed by atoms with Crippen LogP contribution in [-0.4, -0.2) is 23.2 Å². The van der Waals surface area contributed by atoms with E-state index in [9.17, 15) is 4.79 Å². The van der Waals surface area contributed by atoms with Crippen molar-refractivity contribution in [2.45, 2.75) is 37.8 Å². The van der Waals surface area contributed by atoms with Crippen LogP contribution in [0.1, 0.15) is 25.7 Å². The second kappa shape index (κ2) is 2.48. The zero-order valence-electron chi connectivity index (χ0n) is 6.42. The Morgan fingerprint density at radius 1 is 1.27 bits per heavy atom. The first kappa shape index (κ1) is 7.10. The predicted octanol–water partition coefficient (Wildman–Crippen LogP) is 0.602. The molecule has 2 aliphatic carbocycles. The molecule has 0 amide bonds. The normalized spacial score (nSPS) is 36.4. The Morgan fingerprint density at radius 3 is 2.36 bits per heavy atom. The standard InChI is InChI=1S/C8H13NO2/c10-8(11)6-3-4-7(6)9-5-1-2-5/h5-7,9H,1-4H2,(H,10,11). The average Bonchev–Trinajstić information content (AvgIpc) is 2.60. The first-order valence-electron chi connectivity index (χ1n) is 4.26. The van der Waals surface area contributed by atoms with Crippen LogP contribution in [0, 0.1) is 5.92 Å². The van der Waals surface area contributed by atoms with Crippen LogP contribution in [0.4, 0.5) is 0 Å². The van der Waals surface area contributed by atoms with Crippen LogP contribution in [0.2, 0.25) is 0 Å². The fourth-order valence-electron chi connectivity index (χ4n) is 1.55. The van der Waals surface area contributed by atoms with Gasteiger partial charge >= 0.3 is 5.97 Å². The fourth-order valence-corrected chi connectivity index (χ4v) is 1.55. The minimum absolute atomic E-state index is 0.101. The molecule has 0 heterocycles. The second-order valence-corrected chi connectivity index (χ2v) is 3.57. The summed E-state index contributed by atoms with van der Waals surface area (Å²) in [6, 6.07) is 0.919. The molecule has 0 aromatic rings. The molecule has 3 nitrogen and oxygen atoms in total. The molecular formula is C8H13NO2. The molecular weight excluding hydrogens is 142 g/mol. The molecule has 2 fully saturated rings. The highest BCUT2D eigenvalue weighted by Crippen LogP contribution is 2.31. The number of carboxylic acid groups (broad SMARTS) is 1. The fraction of sp³-hybridized carbons (Fsp3) is 0.875. The average molecular weight is 155 g/mol. The lowest BCUT2D eigenvalue weighted by atomic mass is 9.79. The van der Waals surface area contributed by atoms with Crippen LogP contribution in [-0.2, 0) is 4.79 Å². The molecule has 0 aliphatic heterocycles. The highest BCUT2D eigenvalue weighted by Gasteiger charge is 2.39. The SMILES string of the molecule is O=C(O)C1CCC1NC1CC1. The third-order valence-electron chi connectivity index (χ3n) is 2.62. The van der Waals surface area contributed by atoms with Crippen molar-refractivity contribution in [2.75, 3.05) is 0 Å². The van der Waals surface area contributed by atoms with E-state index in [0.717, 1.165) is 12.8 Å². The quantitative estimate of drug-likeness (QED) is 0.627.